The zero-order valence-corrected chi connectivity index (χ0v) is 15.9. The van der Waals surface area contributed by atoms with Gasteiger partial charge >= 0.3 is 0 Å². The van der Waals surface area contributed by atoms with Crippen molar-refractivity contribution < 1.29 is 9.53 Å². The van der Waals surface area contributed by atoms with Crippen LogP contribution in [-0.2, 0) is 6.42 Å². The van der Waals surface area contributed by atoms with Crippen molar-refractivity contribution >= 4 is 11.6 Å². The molecule has 1 N–H and O–H groups in total. The number of carbonyl (C=O) groups is 1. The van der Waals surface area contributed by atoms with Gasteiger partial charge in [-0.3, -0.25) is 4.79 Å². The molecule has 5 heteroatoms. The summed E-state index contributed by atoms with van der Waals surface area (Å²) in [7, 11) is 0. The molecule has 1 amide bonds. The van der Waals surface area contributed by atoms with Gasteiger partial charge in [0.05, 0.1) is 18.0 Å². The number of aromatic nitrogens is 2. The van der Waals surface area contributed by atoms with Gasteiger partial charge in [0.15, 0.2) is 5.69 Å². The predicted molar refractivity (Wildman–Crippen MR) is 114 cm³/mol. The molecular weight excluding hydrogens is 362 g/mol. The van der Waals surface area contributed by atoms with Crippen LogP contribution in [0.1, 0.15) is 16.1 Å². The van der Waals surface area contributed by atoms with E-state index in [0.29, 0.717) is 23.7 Å². The van der Waals surface area contributed by atoms with Gasteiger partial charge in [0.2, 0.25) is 0 Å². The fourth-order valence-electron chi connectivity index (χ4n) is 2.98. The van der Waals surface area contributed by atoms with Crippen LogP contribution in [0.15, 0.2) is 97.2 Å². The lowest BCUT2D eigenvalue weighted by Crippen LogP contribution is -2.14. The maximum Gasteiger partial charge on any atom is 0.276 e. The van der Waals surface area contributed by atoms with Crippen molar-refractivity contribution in [3.63, 3.8) is 0 Å². The van der Waals surface area contributed by atoms with Crippen molar-refractivity contribution in [2.45, 2.75) is 6.42 Å². The molecular formula is C24H21N3O2. The Morgan fingerprint density at radius 3 is 2.34 bits per heavy atom. The number of nitrogens with zero attached hydrogens (tertiary/aromatic N) is 2. The summed E-state index contributed by atoms with van der Waals surface area (Å²) in [6.45, 7) is 0.527. The second-order valence-corrected chi connectivity index (χ2v) is 6.52. The fraction of sp³-hybridized carbons (Fsp3) is 0.0833. The Hall–Kier alpha value is -3.86. The first kappa shape index (κ1) is 18.5. The minimum atomic E-state index is -0.279. The van der Waals surface area contributed by atoms with Crippen LogP contribution in [0, 0.1) is 0 Å². The minimum absolute atomic E-state index is 0.279. The normalized spacial score (nSPS) is 10.5. The summed E-state index contributed by atoms with van der Waals surface area (Å²) < 4.78 is 7.59. The smallest absolute Gasteiger partial charge is 0.276 e. The average molecular weight is 383 g/mol. The molecule has 0 aliphatic carbocycles. The SMILES string of the molecule is O=C(Nc1ccccc1OCCc1ccccc1)c1ccn(-c2ccccc2)n1. The van der Waals surface area contributed by atoms with E-state index in [4.69, 9.17) is 4.74 Å². The summed E-state index contributed by atoms with van der Waals surface area (Å²) in [5, 5.41) is 7.27. The predicted octanol–water partition coefficient (Wildman–Crippen LogP) is 4.75. The lowest BCUT2D eigenvalue weighted by molar-refractivity contribution is 0.102. The maximum atomic E-state index is 12.7. The van der Waals surface area contributed by atoms with Gasteiger partial charge in [-0.1, -0.05) is 60.7 Å². The third kappa shape index (κ3) is 4.71. The number of rotatable bonds is 7. The van der Waals surface area contributed by atoms with Crippen LogP contribution in [0.3, 0.4) is 0 Å². The Morgan fingerprint density at radius 2 is 1.55 bits per heavy atom. The molecule has 0 atom stereocenters. The van der Waals surface area contributed by atoms with Crippen molar-refractivity contribution in [1.82, 2.24) is 9.78 Å². The lowest BCUT2D eigenvalue weighted by atomic mass is 10.2. The standard InChI is InChI=1S/C24H21N3O2/c28-24(22-15-17-27(26-22)20-11-5-2-6-12-20)25-21-13-7-8-14-23(21)29-18-16-19-9-3-1-4-10-19/h1-15,17H,16,18H2,(H,25,28). The maximum absolute atomic E-state index is 12.7. The van der Waals surface area contributed by atoms with Crippen molar-refractivity contribution in [3.8, 4) is 11.4 Å². The van der Waals surface area contributed by atoms with E-state index in [1.807, 2.05) is 72.8 Å². The number of ether oxygens (including phenoxy) is 1. The van der Waals surface area contributed by atoms with Gasteiger partial charge in [-0.15, -0.1) is 0 Å². The number of nitrogens with one attached hydrogen (secondary N) is 1. The first-order valence-corrected chi connectivity index (χ1v) is 9.48. The summed E-state index contributed by atoms with van der Waals surface area (Å²) in [5.74, 6) is 0.359. The zero-order valence-electron chi connectivity index (χ0n) is 15.9. The molecule has 0 spiro atoms. The molecule has 0 bridgehead atoms. The molecule has 0 aliphatic rings. The van der Waals surface area contributed by atoms with Crippen LogP contribution >= 0.6 is 0 Å². The zero-order chi connectivity index (χ0) is 19.9. The molecule has 0 saturated heterocycles. The van der Waals surface area contributed by atoms with Crippen molar-refractivity contribution in [1.29, 1.82) is 0 Å². The number of carbonyl (C=O) groups excluding carboxylic acids is 1. The van der Waals surface area contributed by atoms with Gasteiger partial charge in [-0.25, -0.2) is 4.68 Å². The van der Waals surface area contributed by atoms with Crippen LogP contribution in [0.5, 0.6) is 5.75 Å². The topological polar surface area (TPSA) is 56.1 Å². The van der Waals surface area contributed by atoms with E-state index in [1.165, 1.54) is 5.56 Å². The summed E-state index contributed by atoms with van der Waals surface area (Å²) in [6.07, 6.45) is 2.57. The molecule has 4 aromatic rings. The highest BCUT2D eigenvalue weighted by molar-refractivity contribution is 6.03. The van der Waals surface area contributed by atoms with E-state index in [2.05, 4.69) is 22.5 Å². The van der Waals surface area contributed by atoms with Crippen LogP contribution in [-0.4, -0.2) is 22.3 Å². The highest BCUT2D eigenvalue weighted by atomic mass is 16.5. The van der Waals surface area contributed by atoms with E-state index in [1.54, 1.807) is 16.9 Å². The number of para-hydroxylation sites is 3. The fourth-order valence-corrected chi connectivity index (χ4v) is 2.98. The molecule has 144 valence electrons. The first-order chi connectivity index (χ1) is 14.3. The molecule has 4 rings (SSSR count). The molecule has 3 aromatic carbocycles. The Kier molecular flexibility index (Phi) is 5.67. The van der Waals surface area contributed by atoms with Crippen LogP contribution in [0.4, 0.5) is 5.69 Å². The van der Waals surface area contributed by atoms with Gasteiger partial charge in [-0.05, 0) is 35.9 Å². The Bertz CT molecular complexity index is 1080. The van der Waals surface area contributed by atoms with Crippen LogP contribution in [0.25, 0.3) is 5.69 Å². The highest BCUT2D eigenvalue weighted by Gasteiger charge is 2.13. The van der Waals surface area contributed by atoms with E-state index >= 15 is 0 Å². The molecule has 5 nitrogen and oxygen atoms in total. The molecule has 0 saturated carbocycles. The van der Waals surface area contributed by atoms with E-state index in [-0.39, 0.29) is 5.91 Å². The number of hydrogen-bond donors (Lipinski definition) is 1. The summed E-state index contributed by atoms with van der Waals surface area (Å²) in [5.41, 5.74) is 3.07. The summed E-state index contributed by atoms with van der Waals surface area (Å²) in [4.78, 5) is 12.7. The summed E-state index contributed by atoms with van der Waals surface area (Å²) >= 11 is 0. The van der Waals surface area contributed by atoms with Crippen molar-refractivity contribution in [2.24, 2.45) is 0 Å². The van der Waals surface area contributed by atoms with Gasteiger partial charge in [0.25, 0.3) is 5.91 Å². The van der Waals surface area contributed by atoms with Gasteiger partial charge in [0, 0.05) is 12.6 Å². The molecule has 0 unspecified atom stereocenters. The Morgan fingerprint density at radius 1 is 0.862 bits per heavy atom. The number of anilines is 1. The second kappa shape index (κ2) is 8.89. The molecule has 0 aliphatic heterocycles. The molecule has 1 aromatic heterocycles. The monoisotopic (exact) mass is 383 g/mol. The van der Waals surface area contributed by atoms with Gasteiger partial charge < -0.3 is 10.1 Å². The van der Waals surface area contributed by atoms with Crippen LogP contribution in [0.2, 0.25) is 0 Å². The molecule has 29 heavy (non-hydrogen) atoms. The molecule has 0 radical (unpaired) electrons. The highest BCUT2D eigenvalue weighted by Crippen LogP contribution is 2.24. The average Bonchev–Trinajstić information content (AvgIpc) is 3.27. The van der Waals surface area contributed by atoms with Crippen molar-refractivity contribution in [3.05, 3.63) is 108 Å². The number of amides is 1. The summed E-state index contributed by atoms with van der Waals surface area (Å²) in [6, 6.07) is 28.9. The largest absolute Gasteiger partial charge is 0.491 e. The van der Waals surface area contributed by atoms with E-state index in [9.17, 15) is 4.79 Å². The molecule has 0 fully saturated rings. The van der Waals surface area contributed by atoms with E-state index in [0.717, 1.165) is 12.1 Å². The Labute approximate surface area is 169 Å². The van der Waals surface area contributed by atoms with Gasteiger partial charge in [0.1, 0.15) is 5.75 Å². The third-order valence-electron chi connectivity index (χ3n) is 4.47. The third-order valence-corrected chi connectivity index (χ3v) is 4.47. The van der Waals surface area contributed by atoms with Crippen molar-refractivity contribution in [2.75, 3.05) is 11.9 Å². The number of benzene rings is 3. The number of hydrogen-bond acceptors (Lipinski definition) is 3. The Balaban J connectivity index is 1.41. The minimum Gasteiger partial charge on any atom is -0.491 e. The first-order valence-electron chi connectivity index (χ1n) is 9.48. The van der Waals surface area contributed by atoms with Crippen LogP contribution < -0.4 is 10.1 Å². The van der Waals surface area contributed by atoms with E-state index < -0.39 is 0 Å². The second-order valence-electron chi connectivity index (χ2n) is 6.52. The van der Waals surface area contributed by atoms with Gasteiger partial charge in [-0.2, -0.15) is 5.10 Å². The molecule has 1 heterocycles. The quantitative estimate of drug-likeness (QED) is 0.501. The lowest BCUT2D eigenvalue weighted by Gasteiger charge is -2.12.